The Morgan fingerprint density at radius 3 is 2.81 bits per heavy atom. The largest absolute Gasteiger partial charge is 0.392 e. The summed E-state index contributed by atoms with van der Waals surface area (Å²) in [6.45, 7) is 2.05. The minimum Gasteiger partial charge on any atom is -0.392 e. The summed E-state index contributed by atoms with van der Waals surface area (Å²) in [7, 11) is 0. The van der Waals surface area contributed by atoms with Gasteiger partial charge >= 0.3 is 0 Å². The second kappa shape index (κ2) is 6.66. The lowest BCUT2D eigenvalue weighted by molar-refractivity contribution is -0.111. The van der Waals surface area contributed by atoms with Crippen LogP contribution in [-0.4, -0.2) is 17.0 Å². The van der Waals surface area contributed by atoms with Gasteiger partial charge in [-0.05, 0) is 25.7 Å². The van der Waals surface area contributed by atoms with Gasteiger partial charge in [0.15, 0.2) is 5.78 Å². The summed E-state index contributed by atoms with van der Waals surface area (Å²) in [5.74, 6) is -0.0991. The van der Waals surface area contributed by atoms with Crippen LogP contribution in [0.2, 0.25) is 0 Å². The van der Waals surface area contributed by atoms with E-state index in [2.05, 4.69) is 6.92 Å². The first-order valence-electron chi connectivity index (χ1n) is 5.57. The Balaban J connectivity index is 2.37. The Hall–Kier alpha value is -0.860. The minimum absolute atomic E-state index is 0.0991. The smallest absolute Gasteiger partial charge is 0.200 e. The highest BCUT2D eigenvalue weighted by atomic mass is 35.5. The fourth-order valence-electron chi connectivity index (χ4n) is 1.51. The maximum Gasteiger partial charge on any atom is 0.200 e. The SMILES string of the molecule is CC/C=C\C[C@H](O)C/C=C1\CC=C(Cl)C1=O. The predicted octanol–water partition coefficient (Wildman–Crippen LogP) is 3.12. The summed E-state index contributed by atoms with van der Waals surface area (Å²) in [4.78, 5) is 11.4. The third-order valence-electron chi connectivity index (χ3n) is 2.46. The van der Waals surface area contributed by atoms with Crippen molar-refractivity contribution >= 4 is 17.4 Å². The molecule has 1 rings (SSSR count). The highest BCUT2D eigenvalue weighted by Crippen LogP contribution is 2.23. The van der Waals surface area contributed by atoms with Crippen LogP contribution < -0.4 is 0 Å². The molecular formula is C13H17ClO2. The summed E-state index contributed by atoms with van der Waals surface area (Å²) >= 11 is 5.67. The van der Waals surface area contributed by atoms with Crippen molar-refractivity contribution in [3.05, 3.63) is 34.9 Å². The van der Waals surface area contributed by atoms with E-state index in [0.29, 0.717) is 29.9 Å². The molecule has 0 radical (unpaired) electrons. The molecule has 16 heavy (non-hydrogen) atoms. The molecule has 1 N–H and O–H groups in total. The molecule has 3 heteroatoms. The van der Waals surface area contributed by atoms with Gasteiger partial charge in [-0.2, -0.15) is 0 Å². The van der Waals surface area contributed by atoms with Crippen LogP contribution in [0.3, 0.4) is 0 Å². The van der Waals surface area contributed by atoms with Gasteiger partial charge in [0.2, 0.25) is 0 Å². The van der Waals surface area contributed by atoms with Crippen LogP contribution in [0.5, 0.6) is 0 Å². The van der Waals surface area contributed by atoms with E-state index in [1.165, 1.54) is 0 Å². The van der Waals surface area contributed by atoms with Gasteiger partial charge in [0.05, 0.1) is 11.1 Å². The number of aliphatic hydroxyl groups excluding tert-OH is 1. The Labute approximate surface area is 101 Å². The second-order valence-corrected chi connectivity index (χ2v) is 4.23. The molecule has 88 valence electrons. The minimum atomic E-state index is -0.414. The average Bonchev–Trinajstić information content (AvgIpc) is 2.58. The Bertz CT molecular complexity index is 340. The number of aliphatic hydroxyl groups is 1. The van der Waals surface area contributed by atoms with E-state index in [1.807, 2.05) is 12.2 Å². The number of carbonyl (C=O) groups excluding carboxylic acids is 1. The van der Waals surface area contributed by atoms with Crippen molar-refractivity contribution in [1.82, 2.24) is 0 Å². The van der Waals surface area contributed by atoms with Gasteiger partial charge in [0.25, 0.3) is 0 Å². The highest BCUT2D eigenvalue weighted by molar-refractivity contribution is 6.46. The molecule has 1 atom stereocenters. The predicted molar refractivity (Wildman–Crippen MR) is 66.3 cm³/mol. The summed E-state index contributed by atoms with van der Waals surface area (Å²) in [6, 6.07) is 0. The van der Waals surface area contributed by atoms with Gasteiger partial charge < -0.3 is 5.11 Å². The molecule has 0 aromatic heterocycles. The second-order valence-electron chi connectivity index (χ2n) is 3.82. The molecule has 1 aliphatic rings. The summed E-state index contributed by atoms with van der Waals surface area (Å²) in [5.41, 5.74) is 0.698. The number of rotatable bonds is 5. The van der Waals surface area contributed by atoms with Crippen molar-refractivity contribution < 1.29 is 9.90 Å². The van der Waals surface area contributed by atoms with Gasteiger partial charge in [-0.1, -0.05) is 42.8 Å². The van der Waals surface area contributed by atoms with E-state index < -0.39 is 6.10 Å². The quantitative estimate of drug-likeness (QED) is 0.592. The standard InChI is InChI=1S/C13H17ClO2/c1-2-3-4-5-11(15)8-6-10-7-9-12(14)13(10)16/h3-4,6,9,11,15H,2,5,7-8H2,1H3/b4-3-,10-6+/t11-/m0/s1. The topological polar surface area (TPSA) is 37.3 Å². The third-order valence-corrected chi connectivity index (χ3v) is 2.78. The molecular weight excluding hydrogens is 224 g/mol. The van der Waals surface area contributed by atoms with E-state index in [-0.39, 0.29) is 5.78 Å². The summed E-state index contributed by atoms with van der Waals surface area (Å²) in [6.07, 6.45) is 9.78. The molecule has 2 nitrogen and oxygen atoms in total. The lowest BCUT2D eigenvalue weighted by atomic mass is 10.1. The van der Waals surface area contributed by atoms with Gasteiger partial charge in [0, 0.05) is 5.57 Å². The summed E-state index contributed by atoms with van der Waals surface area (Å²) in [5, 5.41) is 9.93. The van der Waals surface area contributed by atoms with Crippen LogP contribution >= 0.6 is 11.6 Å². The van der Waals surface area contributed by atoms with Gasteiger partial charge in [-0.3, -0.25) is 4.79 Å². The molecule has 0 bridgehead atoms. The van der Waals surface area contributed by atoms with Crippen molar-refractivity contribution in [2.24, 2.45) is 0 Å². The van der Waals surface area contributed by atoms with E-state index in [1.54, 1.807) is 12.2 Å². The van der Waals surface area contributed by atoms with Crippen molar-refractivity contribution in [2.75, 3.05) is 0 Å². The number of hydrogen-bond donors (Lipinski definition) is 1. The summed E-state index contributed by atoms with van der Waals surface area (Å²) < 4.78 is 0. The van der Waals surface area contributed by atoms with E-state index >= 15 is 0 Å². The van der Waals surface area contributed by atoms with Crippen molar-refractivity contribution in [2.45, 2.75) is 38.7 Å². The number of halogens is 1. The maximum atomic E-state index is 11.4. The first kappa shape index (κ1) is 13.2. The fourth-order valence-corrected chi connectivity index (χ4v) is 1.71. The number of Topliss-reactive ketones (excluding diaryl/α,β-unsaturated/α-hetero) is 1. The lowest BCUT2D eigenvalue weighted by Crippen LogP contribution is -2.04. The molecule has 0 fully saturated rings. The van der Waals surface area contributed by atoms with Crippen molar-refractivity contribution in [3.63, 3.8) is 0 Å². The maximum absolute atomic E-state index is 11.4. The van der Waals surface area contributed by atoms with Crippen LogP contribution in [0.25, 0.3) is 0 Å². The number of ketones is 1. The molecule has 0 amide bonds. The van der Waals surface area contributed by atoms with Crippen LogP contribution in [0.4, 0.5) is 0 Å². The Kier molecular flexibility index (Phi) is 5.50. The first-order valence-corrected chi connectivity index (χ1v) is 5.95. The zero-order valence-corrected chi connectivity index (χ0v) is 10.2. The molecule has 0 saturated carbocycles. The molecule has 0 unspecified atom stereocenters. The Morgan fingerprint density at radius 1 is 1.50 bits per heavy atom. The molecule has 0 heterocycles. The normalized spacial score (nSPS) is 20.8. The first-order chi connectivity index (χ1) is 7.65. The van der Waals surface area contributed by atoms with Gasteiger partial charge in [-0.25, -0.2) is 0 Å². The van der Waals surface area contributed by atoms with Gasteiger partial charge in [0.1, 0.15) is 0 Å². The Morgan fingerprint density at radius 2 is 2.25 bits per heavy atom. The molecule has 1 aliphatic carbocycles. The van der Waals surface area contributed by atoms with Crippen molar-refractivity contribution in [1.29, 1.82) is 0 Å². The van der Waals surface area contributed by atoms with Gasteiger partial charge in [-0.15, -0.1) is 0 Å². The fraction of sp³-hybridized carbons (Fsp3) is 0.462. The van der Waals surface area contributed by atoms with Crippen LogP contribution in [0, 0.1) is 0 Å². The van der Waals surface area contributed by atoms with E-state index in [4.69, 9.17) is 11.6 Å². The zero-order valence-electron chi connectivity index (χ0n) is 9.45. The monoisotopic (exact) mass is 240 g/mol. The molecule has 0 aromatic rings. The number of allylic oxidation sites excluding steroid dienone is 4. The van der Waals surface area contributed by atoms with Crippen LogP contribution in [-0.2, 0) is 4.79 Å². The van der Waals surface area contributed by atoms with E-state index in [9.17, 15) is 9.90 Å². The third kappa shape index (κ3) is 3.95. The average molecular weight is 241 g/mol. The van der Waals surface area contributed by atoms with Crippen LogP contribution in [0.1, 0.15) is 32.6 Å². The number of hydrogen-bond acceptors (Lipinski definition) is 2. The highest BCUT2D eigenvalue weighted by Gasteiger charge is 2.18. The molecule has 0 spiro atoms. The lowest BCUT2D eigenvalue weighted by Gasteiger charge is -2.04. The van der Waals surface area contributed by atoms with E-state index in [0.717, 1.165) is 6.42 Å². The molecule has 0 aromatic carbocycles. The van der Waals surface area contributed by atoms with Crippen molar-refractivity contribution in [3.8, 4) is 0 Å². The molecule has 0 saturated heterocycles. The van der Waals surface area contributed by atoms with Crippen LogP contribution in [0.15, 0.2) is 34.9 Å². The zero-order chi connectivity index (χ0) is 12.0. The number of carbonyl (C=O) groups is 1. The molecule has 0 aliphatic heterocycles.